The quantitative estimate of drug-likeness (QED) is 0.342. The summed E-state index contributed by atoms with van der Waals surface area (Å²) in [5, 5.41) is 0. The Morgan fingerprint density at radius 3 is 1.96 bits per heavy atom. The van der Waals surface area contributed by atoms with E-state index in [-0.39, 0.29) is 5.82 Å². The monoisotopic (exact) mass is 356 g/mol. The van der Waals surface area contributed by atoms with Gasteiger partial charge >= 0.3 is 0 Å². The van der Waals surface area contributed by atoms with E-state index >= 15 is 0 Å². The average Bonchev–Trinajstić information content (AvgIpc) is 2.69. The van der Waals surface area contributed by atoms with E-state index in [4.69, 9.17) is 0 Å². The van der Waals surface area contributed by atoms with E-state index in [1.807, 2.05) is 12.1 Å². The zero-order chi connectivity index (χ0) is 18.2. The van der Waals surface area contributed by atoms with Gasteiger partial charge in [0.1, 0.15) is 5.82 Å². The second-order valence-corrected chi connectivity index (χ2v) is 8.82. The van der Waals surface area contributed by atoms with E-state index in [9.17, 15) is 4.39 Å². The van der Waals surface area contributed by atoms with Crippen molar-refractivity contribution in [3.8, 4) is 0 Å². The molecule has 0 heterocycles. The first-order chi connectivity index (χ1) is 12.7. The summed E-state index contributed by atoms with van der Waals surface area (Å²) >= 11 is 0. The van der Waals surface area contributed by atoms with Crippen molar-refractivity contribution in [2.24, 2.45) is 17.8 Å². The first-order valence-corrected chi connectivity index (χ1v) is 11.2. The normalized spacial score (nSPS) is 29.9. The lowest BCUT2D eigenvalue weighted by Gasteiger charge is -2.29. The summed E-state index contributed by atoms with van der Waals surface area (Å²) in [5.74, 6) is 3.14. The molecule has 2 fully saturated rings. The molecule has 0 spiro atoms. The molecule has 1 aromatic carbocycles. The second-order valence-electron chi connectivity index (χ2n) is 8.82. The van der Waals surface area contributed by atoms with E-state index in [2.05, 4.69) is 19.1 Å². The van der Waals surface area contributed by atoms with E-state index in [1.54, 1.807) is 12.1 Å². The SMILES string of the molecule is CCCCCC1CCC(C=CC2CCC(c3ccc(F)cc3)CC2)CC1. The summed E-state index contributed by atoms with van der Waals surface area (Å²) in [6.45, 7) is 2.30. The Bertz CT molecular complexity index is 528. The van der Waals surface area contributed by atoms with Gasteiger partial charge in [-0.2, -0.15) is 0 Å². The van der Waals surface area contributed by atoms with Gasteiger partial charge in [-0.25, -0.2) is 4.39 Å². The van der Waals surface area contributed by atoms with Crippen LogP contribution in [0.2, 0.25) is 0 Å². The molecule has 0 unspecified atom stereocenters. The van der Waals surface area contributed by atoms with Crippen LogP contribution in [0.1, 0.15) is 95.5 Å². The number of halogens is 1. The minimum absolute atomic E-state index is 0.120. The van der Waals surface area contributed by atoms with Crippen molar-refractivity contribution < 1.29 is 4.39 Å². The molecule has 0 aromatic heterocycles. The largest absolute Gasteiger partial charge is 0.207 e. The molecule has 2 saturated carbocycles. The van der Waals surface area contributed by atoms with E-state index < -0.39 is 0 Å². The van der Waals surface area contributed by atoms with Gasteiger partial charge in [0, 0.05) is 0 Å². The summed E-state index contributed by atoms with van der Waals surface area (Å²) in [4.78, 5) is 0. The molecular weight excluding hydrogens is 319 g/mol. The summed E-state index contributed by atoms with van der Waals surface area (Å²) < 4.78 is 13.1. The van der Waals surface area contributed by atoms with Crippen molar-refractivity contribution in [2.75, 3.05) is 0 Å². The van der Waals surface area contributed by atoms with Crippen molar-refractivity contribution in [2.45, 2.75) is 89.9 Å². The van der Waals surface area contributed by atoms with Crippen molar-refractivity contribution >= 4 is 0 Å². The van der Waals surface area contributed by atoms with Crippen LogP contribution in [0.25, 0.3) is 0 Å². The molecule has 144 valence electrons. The Hall–Kier alpha value is -1.11. The molecule has 0 bridgehead atoms. The molecule has 0 atom stereocenters. The zero-order valence-corrected chi connectivity index (χ0v) is 16.6. The minimum Gasteiger partial charge on any atom is -0.207 e. The molecule has 2 aliphatic rings. The Morgan fingerprint density at radius 1 is 0.808 bits per heavy atom. The highest BCUT2D eigenvalue weighted by Gasteiger charge is 2.22. The predicted molar refractivity (Wildman–Crippen MR) is 110 cm³/mol. The van der Waals surface area contributed by atoms with Crippen molar-refractivity contribution in [3.63, 3.8) is 0 Å². The fourth-order valence-corrected chi connectivity index (χ4v) is 5.05. The van der Waals surface area contributed by atoms with Gasteiger partial charge in [0.2, 0.25) is 0 Å². The maximum absolute atomic E-state index is 13.1. The fraction of sp³-hybridized carbons (Fsp3) is 0.680. The Labute approximate surface area is 160 Å². The lowest BCUT2D eigenvalue weighted by atomic mass is 9.77. The Morgan fingerprint density at radius 2 is 1.38 bits per heavy atom. The van der Waals surface area contributed by atoms with Crippen LogP contribution in [0.15, 0.2) is 36.4 Å². The molecule has 2 aliphatic carbocycles. The summed E-state index contributed by atoms with van der Waals surface area (Å²) in [6.07, 6.45) is 21.6. The Balaban J connectivity index is 1.36. The van der Waals surface area contributed by atoms with Crippen molar-refractivity contribution in [1.29, 1.82) is 0 Å². The number of hydrogen-bond donors (Lipinski definition) is 0. The topological polar surface area (TPSA) is 0 Å². The fourth-order valence-electron chi connectivity index (χ4n) is 5.05. The molecule has 0 aliphatic heterocycles. The molecule has 1 aromatic rings. The van der Waals surface area contributed by atoms with Gasteiger partial charge in [-0.3, -0.25) is 0 Å². The van der Waals surface area contributed by atoms with Crippen LogP contribution in [0, 0.1) is 23.6 Å². The van der Waals surface area contributed by atoms with Crippen LogP contribution in [0.5, 0.6) is 0 Å². The molecular formula is C25H37F. The standard InChI is InChI=1S/C25H37F/c1-2-3-4-5-20-6-8-21(9-7-20)10-11-22-12-14-23(15-13-22)24-16-18-25(26)19-17-24/h10-11,16-23H,2-9,12-15H2,1H3. The van der Waals surface area contributed by atoms with Crippen LogP contribution >= 0.6 is 0 Å². The number of hydrogen-bond acceptors (Lipinski definition) is 0. The van der Waals surface area contributed by atoms with Gasteiger partial charge in [-0.1, -0.05) is 56.9 Å². The molecule has 0 N–H and O–H groups in total. The smallest absolute Gasteiger partial charge is 0.123 e. The maximum atomic E-state index is 13.1. The van der Waals surface area contributed by atoms with Gasteiger partial charge in [0.15, 0.2) is 0 Å². The lowest BCUT2D eigenvalue weighted by Crippen LogP contribution is -2.14. The average molecular weight is 357 g/mol. The van der Waals surface area contributed by atoms with Gasteiger partial charge in [0.05, 0.1) is 0 Å². The third-order valence-corrected chi connectivity index (χ3v) is 6.88. The predicted octanol–water partition coefficient (Wildman–Crippen LogP) is 8.04. The van der Waals surface area contributed by atoms with Crippen molar-refractivity contribution in [3.05, 3.63) is 47.8 Å². The number of allylic oxidation sites excluding steroid dienone is 2. The van der Waals surface area contributed by atoms with Crippen LogP contribution in [0.3, 0.4) is 0 Å². The van der Waals surface area contributed by atoms with Gasteiger partial charge in [-0.05, 0) is 92.7 Å². The maximum Gasteiger partial charge on any atom is 0.123 e. The molecule has 26 heavy (non-hydrogen) atoms. The summed E-state index contributed by atoms with van der Waals surface area (Å²) in [7, 11) is 0. The Kier molecular flexibility index (Phi) is 7.77. The number of rotatable bonds is 7. The van der Waals surface area contributed by atoms with Gasteiger partial charge in [0.25, 0.3) is 0 Å². The number of benzene rings is 1. The van der Waals surface area contributed by atoms with Crippen LogP contribution in [-0.4, -0.2) is 0 Å². The molecule has 0 radical (unpaired) electrons. The third-order valence-electron chi connectivity index (χ3n) is 6.88. The molecule has 0 nitrogen and oxygen atoms in total. The van der Waals surface area contributed by atoms with Crippen LogP contribution < -0.4 is 0 Å². The summed E-state index contributed by atoms with van der Waals surface area (Å²) in [5.41, 5.74) is 1.33. The highest BCUT2D eigenvalue weighted by molar-refractivity contribution is 5.21. The van der Waals surface area contributed by atoms with Crippen LogP contribution in [0.4, 0.5) is 4.39 Å². The van der Waals surface area contributed by atoms with Gasteiger partial charge in [-0.15, -0.1) is 0 Å². The minimum atomic E-state index is -0.120. The second kappa shape index (κ2) is 10.3. The highest BCUT2D eigenvalue weighted by atomic mass is 19.1. The third kappa shape index (κ3) is 5.96. The van der Waals surface area contributed by atoms with E-state index in [0.717, 1.165) is 17.8 Å². The number of unbranched alkanes of at least 4 members (excludes halogenated alkanes) is 2. The first-order valence-electron chi connectivity index (χ1n) is 11.2. The molecule has 0 amide bonds. The van der Waals surface area contributed by atoms with Crippen molar-refractivity contribution in [1.82, 2.24) is 0 Å². The molecule has 3 rings (SSSR count). The molecule has 1 heteroatoms. The lowest BCUT2D eigenvalue weighted by molar-refractivity contribution is 0.288. The summed E-state index contributed by atoms with van der Waals surface area (Å²) in [6, 6.07) is 7.18. The van der Waals surface area contributed by atoms with E-state index in [0.29, 0.717) is 5.92 Å². The highest BCUT2D eigenvalue weighted by Crippen LogP contribution is 2.37. The molecule has 0 saturated heterocycles. The van der Waals surface area contributed by atoms with Gasteiger partial charge < -0.3 is 0 Å². The zero-order valence-electron chi connectivity index (χ0n) is 16.6. The first kappa shape index (κ1) is 19.6. The van der Waals surface area contributed by atoms with E-state index in [1.165, 1.54) is 82.6 Å². The van der Waals surface area contributed by atoms with Crippen LogP contribution in [-0.2, 0) is 0 Å².